The Kier molecular flexibility index (Phi) is 2.38. The monoisotopic (exact) mass is 207 g/mol. The third kappa shape index (κ3) is 2.26. The van der Waals surface area contributed by atoms with Crippen molar-refractivity contribution in [2.45, 2.75) is 32.8 Å². The third-order valence-corrected chi connectivity index (χ3v) is 2.73. The van der Waals surface area contributed by atoms with Crippen LogP contribution in [0.3, 0.4) is 0 Å². The molecule has 15 heavy (non-hydrogen) atoms. The lowest BCUT2D eigenvalue weighted by Crippen LogP contribution is -2.30. The topological polar surface area (TPSA) is 49.2 Å². The summed E-state index contributed by atoms with van der Waals surface area (Å²) >= 11 is 0. The van der Waals surface area contributed by atoms with Gasteiger partial charge in [0.25, 0.3) is 0 Å². The molecule has 4 nitrogen and oxygen atoms in total. The number of aromatic nitrogens is 2. The second kappa shape index (κ2) is 3.45. The number of β-amino-alcohol motifs (C(OH)–C–C–N with tert-alkyl or cyclic N) is 1. The quantitative estimate of drug-likeness (QED) is 0.748. The van der Waals surface area contributed by atoms with Crippen LogP contribution in [0.25, 0.3) is 0 Å². The maximum absolute atomic E-state index is 9.88. The Morgan fingerprint density at radius 2 is 2.13 bits per heavy atom. The van der Waals surface area contributed by atoms with Gasteiger partial charge in [-0.05, 0) is 27.2 Å². The summed E-state index contributed by atoms with van der Waals surface area (Å²) in [6.07, 6.45) is 0.801. The van der Waals surface area contributed by atoms with Gasteiger partial charge in [0.1, 0.15) is 11.6 Å². The van der Waals surface area contributed by atoms with Gasteiger partial charge in [0.15, 0.2) is 0 Å². The third-order valence-electron chi connectivity index (χ3n) is 2.73. The Balaban J connectivity index is 2.24. The molecule has 2 heterocycles. The van der Waals surface area contributed by atoms with Crippen LogP contribution < -0.4 is 4.90 Å². The van der Waals surface area contributed by atoms with Gasteiger partial charge in [-0.25, -0.2) is 9.97 Å². The minimum atomic E-state index is -0.577. The zero-order chi connectivity index (χ0) is 11.1. The van der Waals surface area contributed by atoms with E-state index in [1.165, 1.54) is 0 Å². The summed E-state index contributed by atoms with van der Waals surface area (Å²) < 4.78 is 0. The van der Waals surface area contributed by atoms with Gasteiger partial charge >= 0.3 is 0 Å². The molecular formula is C11H17N3O. The largest absolute Gasteiger partial charge is 0.388 e. The Hall–Kier alpha value is -1.16. The number of rotatable bonds is 1. The predicted octanol–water partition coefficient (Wildman–Crippen LogP) is 1.05. The normalized spacial score (nSPS) is 26.0. The summed E-state index contributed by atoms with van der Waals surface area (Å²) in [4.78, 5) is 10.7. The van der Waals surface area contributed by atoms with Crippen LogP contribution >= 0.6 is 0 Å². The van der Waals surface area contributed by atoms with E-state index in [4.69, 9.17) is 0 Å². The van der Waals surface area contributed by atoms with Crippen molar-refractivity contribution < 1.29 is 5.11 Å². The number of anilines is 1. The summed E-state index contributed by atoms with van der Waals surface area (Å²) in [6, 6.07) is 1.97. The van der Waals surface area contributed by atoms with Crippen molar-refractivity contribution in [2.75, 3.05) is 18.0 Å². The second-order valence-electron chi connectivity index (χ2n) is 4.58. The lowest BCUT2D eigenvalue weighted by molar-refractivity contribution is 0.0839. The fourth-order valence-electron chi connectivity index (χ4n) is 2.00. The summed E-state index contributed by atoms with van der Waals surface area (Å²) in [5, 5.41) is 9.88. The van der Waals surface area contributed by atoms with Crippen molar-refractivity contribution in [3.05, 3.63) is 17.6 Å². The summed E-state index contributed by atoms with van der Waals surface area (Å²) in [5.74, 6) is 1.72. The first-order chi connectivity index (χ1) is 6.96. The minimum Gasteiger partial charge on any atom is -0.388 e. The van der Waals surface area contributed by atoms with Gasteiger partial charge in [0, 0.05) is 24.8 Å². The van der Waals surface area contributed by atoms with E-state index in [1.807, 2.05) is 26.8 Å². The standard InChI is InChI=1S/C11H17N3O/c1-8-6-10(13-9(2)12-8)14-5-4-11(3,15)7-14/h6,15H,4-5,7H2,1-3H3. The highest BCUT2D eigenvalue weighted by Gasteiger charge is 2.32. The molecule has 1 atom stereocenters. The van der Waals surface area contributed by atoms with Crippen molar-refractivity contribution in [3.8, 4) is 0 Å². The van der Waals surface area contributed by atoms with Crippen LogP contribution in [0, 0.1) is 13.8 Å². The summed E-state index contributed by atoms with van der Waals surface area (Å²) in [7, 11) is 0. The Morgan fingerprint density at radius 1 is 1.40 bits per heavy atom. The van der Waals surface area contributed by atoms with Gasteiger partial charge in [-0.15, -0.1) is 0 Å². The Bertz CT molecular complexity index is 356. The van der Waals surface area contributed by atoms with E-state index >= 15 is 0 Å². The average molecular weight is 207 g/mol. The van der Waals surface area contributed by atoms with E-state index in [9.17, 15) is 5.11 Å². The predicted molar refractivity (Wildman–Crippen MR) is 59.0 cm³/mol. The Labute approximate surface area is 90.0 Å². The van der Waals surface area contributed by atoms with Crippen LogP contribution in [0.2, 0.25) is 0 Å². The first-order valence-electron chi connectivity index (χ1n) is 5.26. The van der Waals surface area contributed by atoms with Gasteiger partial charge in [-0.1, -0.05) is 0 Å². The summed E-state index contributed by atoms with van der Waals surface area (Å²) in [5.41, 5.74) is 0.399. The van der Waals surface area contributed by atoms with Crippen LogP contribution in [0.15, 0.2) is 6.07 Å². The number of aryl methyl sites for hydroxylation is 2. The molecule has 1 aliphatic heterocycles. The number of aliphatic hydroxyl groups is 1. The zero-order valence-electron chi connectivity index (χ0n) is 9.49. The lowest BCUT2D eigenvalue weighted by atomic mass is 10.1. The molecular weight excluding hydrogens is 190 g/mol. The van der Waals surface area contributed by atoms with E-state index in [0.717, 1.165) is 30.3 Å². The highest BCUT2D eigenvalue weighted by molar-refractivity contribution is 5.41. The molecule has 1 aromatic rings. The van der Waals surface area contributed by atoms with E-state index in [0.29, 0.717) is 6.54 Å². The van der Waals surface area contributed by atoms with Crippen molar-refractivity contribution >= 4 is 5.82 Å². The fourth-order valence-corrected chi connectivity index (χ4v) is 2.00. The van der Waals surface area contributed by atoms with Gasteiger partial charge in [-0.2, -0.15) is 0 Å². The van der Waals surface area contributed by atoms with Crippen LogP contribution in [0.4, 0.5) is 5.82 Å². The minimum absolute atomic E-state index is 0.577. The first kappa shape index (κ1) is 10.4. The second-order valence-corrected chi connectivity index (χ2v) is 4.58. The summed E-state index contributed by atoms with van der Waals surface area (Å²) in [6.45, 7) is 7.25. The maximum atomic E-state index is 9.88. The molecule has 4 heteroatoms. The van der Waals surface area contributed by atoms with Gasteiger partial charge in [0.05, 0.1) is 5.60 Å². The van der Waals surface area contributed by atoms with Crippen LogP contribution in [0.1, 0.15) is 24.9 Å². The van der Waals surface area contributed by atoms with E-state index < -0.39 is 5.60 Å². The van der Waals surface area contributed by atoms with Crippen LogP contribution in [0.5, 0.6) is 0 Å². The SMILES string of the molecule is Cc1cc(N2CCC(C)(O)C2)nc(C)n1. The molecule has 1 unspecified atom stereocenters. The van der Waals surface area contributed by atoms with Crippen molar-refractivity contribution in [1.29, 1.82) is 0 Å². The molecule has 0 aromatic carbocycles. The molecule has 1 fully saturated rings. The average Bonchev–Trinajstić information content (AvgIpc) is 2.44. The van der Waals surface area contributed by atoms with Crippen LogP contribution in [-0.4, -0.2) is 33.8 Å². The van der Waals surface area contributed by atoms with E-state index in [-0.39, 0.29) is 0 Å². The first-order valence-corrected chi connectivity index (χ1v) is 5.26. The lowest BCUT2D eigenvalue weighted by Gasteiger charge is -2.20. The number of hydrogen-bond acceptors (Lipinski definition) is 4. The molecule has 0 amide bonds. The zero-order valence-corrected chi connectivity index (χ0v) is 9.49. The molecule has 1 saturated heterocycles. The highest BCUT2D eigenvalue weighted by Crippen LogP contribution is 2.25. The van der Waals surface area contributed by atoms with Gasteiger partial charge in [0.2, 0.25) is 0 Å². The smallest absolute Gasteiger partial charge is 0.132 e. The van der Waals surface area contributed by atoms with Crippen molar-refractivity contribution in [1.82, 2.24) is 9.97 Å². The highest BCUT2D eigenvalue weighted by atomic mass is 16.3. The molecule has 1 N–H and O–H groups in total. The molecule has 1 aromatic heterocycles. The Morgan fingerprint density at radius 3 is 2.67 bits per heavy atom. The molecule has 0 spiro atoms. The maximum Gasteiger partial charge on any atom is 0.132 e. The van der Waals surface area contributed by atoms with Gasteiger partial charge < -0.3 is 10.0 Å². The van der Waals surface area contributed by atoms with Crippen molar-refractivity contribution in [2.24, 2.45) is 0 Å². The van der Waals surface area contributed by atoms with E-state index in [2.05, 4.69) is 14.9 Å². The van der Waals surface area contributed by atoms with Crippen LogP contribution in [-0.2, 0) is 0 Å². The fraction of sp³-hybridized carbons (Fsp3) is 0.636. The molecule has 0 bridgehead atoms. The molecule has 0 saturated carbocycles. The molecule has 0 aliphatic carbocycles. The van der Waals surface area contributed by atoms with Gasteiger partial charge in [-0.3, -0.25) is 0 Å². The van der Waals surface area contributed by atoms with Crippen molar-refractivity contribution in [3.63, 3.8) is 0 Å². The molecule has 82 valence electrons. The van der Waals surface area contributed by atoms with E-state index in [1.54, 1.807) is 0 Å². The molecule has 0 radical (unpaired) electrons. The number of hydrogen-bond donors (Lipinski definition) is 1. The molecule has 2 rings (SSSR count). The molecule has 1 aliphatic rings. The number of nitrogens with zero attached hydrogens (tertiary/aromatic N) is 3.